The van der Waals surface area contributed by atoms with Crippen LogP contribution in [-0.2, 0) is 17.6 Å². The maximum Gasteiger partial charge on any atom is 0.389 e. The van der Waals surface area contributed by atoms with Crippen LogP contribution in [0.3, 0.4) is 0 Å². The van der Waals surface area contributed by atoms with Gasteiger partial charge in [0.1, 0.15) is 0 Å². The number of rotatable bonds is 3. The molecule has 0 bridgehead atoms. The van der Waals surface area contributed by atoms with Crippen LogP contribution < -0.4 is 0 Å². The van der Waals surface area contributed by atoms with Gasteiger partial charge in [-0.25, -0.2) is 0 Å². The highest BCUT2D eigenvalue weighted by atomic mass is 19.4. The maximum atomic E-state index is 12.9. The first-order chi connectivity index (χ1) is 10.8. The number of ketones is 1. The summed E-state index contributed by atoms with van der Waals surface area (Å²) in [5.74, 6) is 0.121. The van der Waals surface area contributed by atoms with Crippen LogP contribution in [0.2, 0.25) is 0 Å². The minimum absolute atomic E-state index is 0. The highest BCUT2D eigenvalue weighted by Crippen LogP contribution is 2.47. The van der Waals surface area contributed by atoms with Gasteiger partial charge in [0.15, 0.2) is 5.78 Å². The molecule has 24 heavy (non-hydrogen) atoms. The fourth-order valence-corrected chi connectivity index (χ4v) is 3.94. The van der Waals surface area contributed by atoms with Crippen molar-refractivity contribution >= 4 is 5.78 Å². The maximum absolute atomic E-state index is 12.9. The van der Waals surface area contributed by atoms with E-state index in [9.17, 15) is 18.0 Å². The molecule has 0 atom stereocenters. The first-order valence-electron chi connectivity index (χ1n) is 8.09. The molecule has 0 radical (unpaired) electrons. The summed E-state index contributed by atoms with van der Waals surface area (Å²) in [4.78, 5) is 12.9. The lowest BCUT2D eigenvalue weighted by atomic mass is 9.70. The Morgan fingerprint density at radius 1 is 1.25 bits per heavy atom. The lowest BCUT2D eigenvalue weighted by Crippen LogP contribution is -2.35. The molecule has 5 heteroatoms. The number of benzene rings is 1. The molecule has 0 saturated heterocycles. The van der Waals surface area contributed by atoms with E-state index in [-0.39, 0.29) is 31.1 Å². The van der Waals surface area contributed by atoms with E-state index in [0.29, 0.717) is 11.1 Å². The lowest BCUT2D eigenvalue weighted by molar-refractivity contribution is -0.133. The van der Waals surface area contributed by atoms with Crippen LogP contribution in [0, 0.1) is 5.41 Å². The molecule has 3 rings (SSSR count). The molecule has 1 aromatic carbocycles. The lowest BCUT2D eigenvalue weighted by Gasteiger charge is -2.35. The second-order valence-corrected chi connectivity index (χ2v) is 6.83. The molecule has 2 aliphatic carbocycles. The number of methoxy groups -OCH3 is 1. The third-order valence-electron chi connectivity index (χ3n) is 5.35. The van der Waals surface area contributed by atoms with Crippen LogP contribution in [0.4, 0.5) is 13.2 Å². The summed E-state index contributed by atoms with van der Waals surface area (Å²) in [7, 11) is 1.70. The molecule has 1 saturated carbocycles. The number of ether oxygens (including phenoxy) is 1. The predicted octanol–water partition coefficient (Wildman–Crippen LogP) is 5.13. The SMILES string of the molecule is C.COC1CCC2(CC1)Cc1ccc(CCC(F)(F)F)cc1C2=O. The van der Waals surface area contributed by atoms with Gasteiger partial charge in [0.25, 0.3) is 0 Å². The minimum atomic E-state index is -4.16. The second kappa shape index (κ2) is 6.87. The van der Waals surface area contributed by atoms with Crippen LogP contribution in [0.15, 0.2) is 18.2 Å². The van der Waals surface area contributed by atoms with Crippen LogP contribution in [0.1, 0.15) is 61.0 Å². The Bertz CT molecular complexity index is 599. The number of aryl methyl sites for hydroxylation is 1. The zero-order valence-corrected chi connectivity index (χ0v) is 13.2. The predicted molar refractivity (Wildman–Crippen MR) is 87.3 cm³/mol. The number of halogens is 3. The molecule has 134 valence electrons. The van der Waals surface area contributed by atoms with Crippen LogP contribution in [0.5, 0.6) is 0 Å². The van der Waals surface area contributed by atoms with Gasteiger partial charge in [-0.2, -0.15) is 13.2 Å². The van der Waals surface area contributed by atoms with Crippen molar-refractivity contribution in [2.45, 2.75) is 64.7 Å². The van der Waals surface area contributed by atoms with Crippen LogP contribution in [-0.4, -0.2) is 25.2 Å². The first kappa shape index (κ1) is 19.0. The summed E-state index contributed by atoms with van der Waals surface area (Å²) in [5.41, 5.74) is 1.87. The van der Waals surface area contributed by atoms with Crippen molar-refractivity contribution in [1.82, 2.24) is 0 Å². The molecule has 1 spiro atoms. The number of alkyl halides is 3. The number of Topliss-reactive ketones (excluding diaryl/α,β-unsaturated/α-hetero) is 1. The Labute approximate surface area is 141 Å². The molecule has 2 nitrogen and oxygen atoms in total. The van der Waals surface area contributed by atoms with E-state index in [4.69, 9.17) is 4.74 Å². The third-order valence-corrected chi connectivity index (χ3v) is 5.35. The van der Waals surface area contributed by atoms with Gasteiger partial charge in [-0.3, -0.25) is 4.79 Å². The van der Waals surface area contributed by atoms with Gasteiger partial charge < -0.3 is 4.74 Å². The molecule has 0 aliphatic heterocycles. The Hall–Kier alpha value is -1.36. The van der Waals surface area contributed by atoms with Gasteiger partial charge in [0, 0.05) is 24.5 Å². The van der Waals surface area contributed by atoms with E-state index in [2.05, 4.69) is 0 Å². The smallest absolute Gasteiger partial charge is 0.381 e. The zero-order chi connectivity index (χ0) is 16.7. The van der Waals surface area contributed by atoms with Crippen molar-refractivity contribution in [2.75, 3.05) is 7.11 Å². The summed E-state index contributed by atoms with van der Waals surface area (Å²) in [6, 6.07) is 5.26. The zero-order valence-electron chi connectivity index (χ0n) is 13.2. The number of carbonyl (C=O) groups excluding carboxylic acids is 1. The van der Waals surface area contributed by atoms with Gasteiger partial charge in [-0.05, 0) is 55.7 Å². The number of hydrogen-bond donors (Lipinski definition) is 0. The van der Waals surface area contributed by atoms with Gasteiger partial charge in [0.2, 0.25) is 0 Å². The normalized spacial score (nSPS) is 26.3. The summed E-state index contributed by atoms with van der Waals surface area (Å²) in [6.07, 6.45) is -0.787. The van der Waals surface area contributed by atoms with Crippen molar-refractivity contribution < 1.29 is 22.7 Å². The van der Waals surface area contributed by atoms with Gasteiger partial charge in [0.05, 0.1) is 6.10 Å². The van der Waals surface area contributed by atoms with E-state index < -0.39 is 12.6 Å². The minimum Gasteiger partial charge on any atom is -0.381 e. The van der Waals surface area contributed by atoms with Crippen molar-refractivity contribution in [1.29, 1.82) is 0 Å². The Balaban J connectivity index is 0.00000208. The monoisotopic (exact) mass is 342 g/mol. The number of hydrogen-bond acceptors (Lipinski definition) is 2. The highest BCUT2D eigenvalue weighted by molar-refractivity contribution is 6.05. The summed E-state index contributed by atoms with van der Waals surface area (Å²) >= 11 is 0. The second-order valence-electron chi connectivity index (χ2n) is 6.83. The highest BCUT2D eigenvalue weighted by Gasteiger charge is 2.47. The number of fused-ring (bicyclic) bond motifs is 1. The quantitative estimate of drug-likeness (QED) is 0.761. The first-order valence-corrected chi connectivity index (χ1v) is 8.09. The standard InChI is InChI=1S/C18H21F3O2.CH4/c1-23-14-5-7-17(8-6-14)11-13-3-2-12(4-9-18(19,20)21)10-15(13)16(17)22;/h2-3,10,14H,4-9,11H2,1H3;1H4. The summed E-state index contributed by atoms with van der Waals surface area (Å²) in [5, 5.41) is 0. The van der Waals surface area contributed by atoms with E-state index in [1.54, 1.807) is 19.2 Å². The molecular formula is C19H25F3O2. The fraction of sp³-hybridized carbons (Fsp3) is 0.632. The Morgan fingerprint density at radius 3 is 2.50 bits per heavy atom. The third kappa shape index (κ3) is 3.66. The van der Waals surface area contributed by atoms with Crippen molar-refractivity contribution in [3.63, 3.8) is 0 Å². The van der Waals surface area contributed by atoms with E-state index in [1.165, 1.54) is 0 Å². The molecule has 0 amide bonds. The van der Waals surface area contributed by atoms with Gasteiger partial charge >= 0.3 is 6.18 Å². The fourth-order valence-electron chi connectivity index (χ4n) is 3.94. The average molecular weight is 342 g/mol. The van der Waals surface area contributed by atoms with Crippen LogP contribution in [0.25, 0.3) is 0 Å². The van der Waals surface area contributed by atoms with E-state index in [0.717, 1.165) is 37.7 Å². The molecule has 0 aromatic heterocycles. The summed E-state index contributed by atoms with van der Waals surface area (Å²) < 4.78 is 42.5. The Kier molecular flexibility index (Phi) is 5.43. The topological polar surface area (TPSA) is 26.3 Å². The molecule has 0 N–H and O–H groups in total. The Morgan fingerprint density at radius 2 is 1.92 bits per heavy atom. The summed E-state index contributed by atoms with van der Waals surface area (Å²) in [6.45, 7) is 0. The van der Waals surface area contributed by atoms with E-state index >= 15 is 0 Å². The van der Waals surface area contributed by atoms with Gasteiger partial charge in [-0.15, -0.1) is 0 Å². The molecule has 1 fully saturated rings. The van der Waals surface area contributed by atoms with Gasteiger partial charge in [-0.1, -0.05) is 19.6 Å². The molecule has 1 aromatic rings. The number of carbonyl (C=O) groups is 1. The van der Waals surface area contributed by atoms with Crippen molar-refractivity contribution in [2.24, 2.45) is 5.41 Å². The van der Waals surface area contributed by atoms with E-state index in [1.807, 2.05) is 6.07 Å². The molecular weight excluding hydrogens is 317 g/mol. The average Bonchev–Trinajstić information content (AvgIpc) is 2.78. The largest absolute Gasteiger partial charge is 0.389 e. The van der Waals surface area contributed by atoms with Crippen LogP contribution >= 0.6 is 0 Å². The molecule has 0 unspecified atom stereocenters. The molecule has 2 aliphatic rings. The van der Waals surface area contributed by atoms with Crippen molar-refractivity contribution in [3.05, 3.63) is 34.9 Å². The molecule has 0 heterocycles. The van der Waals surface area contributed by atoms with Crippen molar-refractivity contribution in [3.8, 4) is 0 Å².